The van der Waals surface area contributed by atoms with Crippen LogP contribution in [0.3, 0.4) is 0 Å². The minimum absolute atomic E-state index is 0.0240. The number of carbonyl (C=O) groups excluding carboxylic acids is 1. The van der Waals surface area contributed by atoms with Gasteiger partial charge in [-0.2, -0.15) is 0 Å². The Morgan fingerprint density at radius 1 is 0.969 bits per heavy atom. The lowest BCUT2D eigenvalue weighted by Gasteiger charge is -2.50. The van der Waals surface area contributed by atoms with Crippen molar-refractivity contribution in [3.8, 4) is 11.3 Å². The number of nitrogens with zero attached hydrogens (tertiary/aromatic N) is 4. The van der Waals surface area contributed by atoms with Gasteiger partial charge in [0.25, 0.3) is 0 Å². The zero-order chi connectivity index (χ0) is 22.0. The summed E-state index contributed by atoms with van der Waals surface area (Å²) in [6.45, 7) is 7.24. The number of hydrogen-bond donors (Lipinski definition) is 1. The van der Waals surface area contributed by atoms with Crippen molar-refractivity contribution in [3.05, 3.63) is 78.2 Å². The largest absolute Gasteiger partial charge is 0.334 e. The molecule has 0 radical (unpaired) electrons. The second kappa shape index (κ2) is 8.79. The first-order chi connectivity index (χ1) is 15.7. The van der Waals surface area contributed by atoms with Crippen molar-refractivity contribution in [2.24, 2.45) is 0 Å². The van der Waals surface area contributed by atoms with Crippen LogP contribution in [0.4, 0.5) is 4.79 Å². The minimum Gasteiger partial charge on any atom is -0.334 e. The van der Waals surface area contributed by atoms with E-state index in [1.54, 1.807) is 0 Å². The van der Waals surface area contributed by atoms with Crippen molar-refractivity contribution in [3.63, 3.8) is 0 Å². The molecule has 3 heterocycles. The Kier molecular flexibility index (Phi) is 5.70. The van der Waals surface area contributed by atoms with Crippen molar-refractivity contribution < 1.29 is 4.79 Å². The molecule has 0 aliphatic carbocycles. The number of benzene rings is 2. The van der Waals surface area contributed by atoms with Gasteiger partial charge in [-0.25, -0.2) is 9.78 Å². The van der Waals surface area contributed by atoms with Gasteiger partial charge in [-0.15, -0.1) is 0 Å². The average molecular weight is 430 g/mol. The maximum absolute atomic E-state index is 12.8. The highest BCUT2D eigenvalue weighted by Crippen LogP contribution is 2.42. The number of imidazole rings is 1. The summed E-state index contributed by atoms with van der Waals surface area (Å²) in [5.41, 5.74) is 3.42. The predicted octanol–water partition coefficient (Wildman–Crippen LogP) is 4.09. The van der Waals surface area contributed by atoms with Crippen LogP contribution in [0.15, 0.2) is 66.9 Å². The zero-order valence-electron chi connectivity index (χ0n) is 18.7. The van der Waals surface area contributed by atoms with Crippen LogP contribution in [0.1, 0.15) is 31.2 Å². The Morgan fingerprint density at radius 3 is 2.34 bits per heavy atom. The number of urea groups is 1. The van der Waals surface area contributed by atoms with E-state index in [-0.39, 0.29) is 11.6 Å². The summed E-state index contributed by atoms with van der Waals surface area (Å²) < 4.78 is 2.41. The second-order valence-corrected chi connectivity index (χ2v) is 8.73. The predicted molar refractivity (Wildman–Crippen MR) is 126 cm³/mol. The minimum atomic E-state index is -0.101. The van der Waals surface area contributed by atoms with Gasteiger partial charge < -0.3 is 14.8 Å². The molecule has 1 saturated heterocycles. The monoisotopic (exact) mass is 429 g/mol. The molecule has 5 rings (SSSR count). The molecular weight excluding hydrogens is 398 g/mol. The van der Waals surface area contributed by atoms with E-state index in [0.717, 1.165) is 57.0 Å². The molecule has 0 bridgehead atoms. The smallest absolute Gasteiger partial charge is 0.317 e. The number of rotatable bonds is 4. The first-order valence-electron chi connectivity index (χ1n) is 11.6. The summed E-state index contributed by atoms with van der Waals surface area (Å²) in [6, 6.07) is 20.6. The molecule has 32 heavy (non-hydrogen) atoms. The van der Waals surface area contributed by atoms with Crippen LogP contribution < -0.4 is 5.32 Å². The van der Waals surface area contributed by atoms with Gasteiger partial charge in [0.15, 0.2) is 0 Å². The zero-order valence-corrected chi connectivity index (χ0v) is 18.7. The lowest BCUT2D eigenvalue weighted by atomic mass is 9.83. The molecule has 166 valence electrons. The van der Waals surface area contributed by atoms with Crippen molar-refractivity contribution in [1.82, 2.24) is 24.7 Å². The third kappa shape index (κ3) is 3.69. The maximum Gasteiger partial charge on any atom is 0.317 e. The normalized spacial score (nSPS) is 17.8. The van der Waals surface area contributed by atoms with Gasteiger partial charge >= 0.3 is 6.03 Å². The molecule has 1 N–H and O–H groups in total. The molecular formula is C26H31N5O. The standard InChI is InChI=1S/C26H31N5O/c1-2-30-17-18-31-23(22-11-7-4-8-12-22)20-27-24(31)26(30)13-15-29(16-14-26)25(32)28-19-21-9-5-3-6-10-21/h3-12,20H,2,13-19H2,1H3,(H,28,32). The van der Waals surface area contributed by atoms with Gasteiger partial charge in [-0.05, 0) is 30.5 Å². The van der Waals surface area contributed by atoms with Crippen LogP contribution in [-0.4, -0.2) is 51.6 Å². The molecule has 0 saturated carbocycles. The fourth-order valence-electron chi connectivity index (χ4n) is 5.35. The highest BCUT2D eigenvalue weighted by Gasteiger charge is 2.47. The van der Waals surface area contributed by atoms with Crippen LogP contribution in [0.2, 0.25) is 0 Å². The van der Waals surface area contributed by atoms with E-state index in [1.165, 1.54) is 11.3 Å². The Hall–Kier alpha value is -3.12. The van der Waals surface area contributed by atoms with Crippen molar-refractivity contribution >= 4 is 6.03 Å². The third-order valence-corrected chi connectivity index (χ3v) is 7.09. The topological polar surface area (TPSA) is 53.4 Å². The number of fused-ring (bicyclic) bond motifs is 2. The van der Waals surface area contributed by atoms with Crippen LogP contribution in [0.5, 0.6) is 0 Å². The van der Waals surface area contributed by atoms with Gasteiger partial charge in [0.2, 0.25) is 0 Å². The van der Waals surface area contributed by atoms with Gasteiger partial charge in [-0.1, -0.05) is 67.6 Å². The van der Waals surface area contributed by atoms with E-state index < -0.39 is 0 Å². The van der Waals surface area contributed by atoms with Crippen molar-refractivity contribution in [2.45, 2.75) is 38.4 Å². The third-order valence-electron chi connectivity index (χ3n) is 7.09. The first kappa shape index (κ1) is 20.8. The van der Waals surface area contributed by atoms with E-state index in [1.807, 2.05) is 41.4 Å². The SMILES string of the molecule is CCN1CCn2c(-c3ccccc3)cnc2C12CCN(C(=O)NCc1ccccc1)CC2. The molecule has 6 heteroatoms. The lowest BCUT2D eigenvalue weighted by Crippen LogP contribution is -2.59. The molecule has 2 amide bonds. The quantitative estimate of drug-likeness (QED) is 0.680. The highest BCUT2D eigenvalue weighted by atomic mass is 16.2. The van der Waals surface area contributed by atoms with Gasteiger partial charge in [0.1, 0.15) is 5.82 Å². The number of aromatic nitrogens is 2. The van der Waals surface area contributed by atoms with E-state index in [2.05, 4.69) is 52.0 Å². The van der Waals surface area contributed by atoms with Crippen LogP contribution in [0, 0.1) is 0 Å². The van der Waals surface area contributed by atoms with Crippen LogP contribution in [-0.2, 0) is 18.6 Å². The highest BCUT2D eigenvalue weighted by molar-refractivity contribution is 5.74. The summed E-state index contributed by atoms with van der Waals surface area (Å²) in [4.78, 5) is 22.3. The molecule has 3 aromatic rings. The molecule has 2 aliphatic rings. The summed E-state index contributed by atoms with van der Waals surface area (Å²) >= 11 is 0. The maximum atomic E-state index is 12.8. The van der Waals surface area contributed by atoms with Gasteiger partial charge in [0.05, 0.1) is 17.4 Å². The molecule has 2 aliphatic heterocycles. The number of nitrogens with one attached hydrogen (secondary N) is 1. The Bertz CT molecular complexity index is 1050. The molecule has 1 fully saturated rings. The summed E-state index contributed by atoms with van der Waals surface area (Å²) in [5.74, 6) is 1.16. The van der Waals surface area contributed by atoms with E-state index >= 15 is 0 Å². The summed E-state index contributed by atoms with van der Waals surface area (Å²) in [6.07, 6.45) is 3.85. The van der Waals surface area contributed by atoms with E-state index in [0.29, 0.717) is 6.54 Å². The molecule has 6 nitrogen and oxygen atoms in total. The Labute approximate surface area is 189 Å². The molecule has 1 aromatic heterocycles. The number of likely N-dealkylation sites (N-methyl/N-ethyl adjacent to an activating group) is 1. The number of hydrogen-bond acceptors (Lipinski definition) is 3. The van der Waals surface area contributed by atoms with E-state index in [4.69, 9.17) is 4.98 Å². The molecule has 0 atom stereocenters. The number of amides is 2. The Morgan fingerprint density at radius 2 is 1.66 bits per heavy atom. The summed E-state index contributed by atoms with van der Waals surface area (Å²) in [7, 11) is 0. The average Bonchev–Trinajstić information content (AvgIpc) is 3.30. The molecule has 1 spiro atoms. The first-order valence-corrected chi connectivity index (χ1v) is 11.6. The molecule has 2 aromatic carbocycles. The van der Waals surface area contributed by atoms with Crippen molar-refractivity contribution in [1.29, 1.82) is 0 Å². The van der Waals surface area contributed by atoms with E-state index in [9.17, 15) is 4.79 Å². The van der Waals surface area contributed by atoms with Crippen LogP contribution in [0.25, 0.3) is 11.3 Å². The fraction of sp³-hybridized carbons (Fsp3) is 0.385. The fourth-order valence-corrected chi connectivity index (χ4v) is 5.35. The van der Waals surface area contributed by atoms with Crippen LogP contribution >= 0.6 is 0 Å². The lowest BCUT2D eigenvalue weighted by molar-refractivity contribution is 0.00269. The molecule has 0 unspecified atom stereocenters. The van der Waals surface area contributed by atoms with Gasteiger partial charge in [0, 0.05) is 32.7 Å². The number of likely N-dealkylation sites (tertiary alicyclic amines) is 1. The van der Waals surface area contributed by atoms with Gasteiger partial charge in [-0.3, -0.25) is 4.90 Å². The number of piperidine rings is 1. The van der Waals surface area contributed by atoms with Crippen molar-refractivity contribution in [2.75, 3.05) is 26.2 Å². The second-order valence-electron chi connectivity index (χ2n) is 8.73. The summed E-state index contributed by atoms with van der Waals surface area (Å²) in [5, 5.41) is 3.08. The Balaban J connectivity index is 1.33. The number of carbonyl (C=O) groups is 1.